The monoisotopic (exact) mass is 489 g/mol. The summed E-state index contributed by atoms with van der Waals surface area (Å²) in [6, 6.07) is 21.5. The van der Waals surface area contributed by atoms with E-state index in [1.807, 2.05) is 55.5 Å². The molecule has 3 aromatic carbocycles. The van der Waals surface area contributed by atoms with Crippen LogP contribution in [0.4, 0.5) is 5.69 Å². The van der Waals surface area contributed by atoms with Crippen LogP contribution in [0.2, 0.25) is 5.02 Å². The molecular weight excluding hydrogens is 470 g/mol. The second kappa shape index (κ2) is 8.93. The summed E-state index contributed by atoms with van der Waals surface area (Å²) >= 11 is 7.32. The SMILES string of the molecule is CCc1ccccc1NC(=O)Cn1c(=O)n(-c2ccc(Cl)cc2)c(=O)c2sc3ccccc3c21. The molecule has 170 valence electrons. The molecule has 0 unspecified atom stereocenters. The maximum atomic E-state index is 13.7. The molecule has 2 aromatic heterocycles. The van der Waals surface area contributed by atoms with Crippen molar-refractivity contribution < 1.29 is 4.79 Å². The van der Waals surface area contributed by atoms with Crippen molar-refractivity contribution in [3.63, 3.8) is 0 Å². The van der Waals surface area contributed by atoms with Crippen LogP contribution in [0.5, 0.6) is 0 Å². The number of aryl methyl sites for hydroxylation is 1. The Morgan fingerprint density at radius 2 is 1.68 bits per heavy atom. The van der Waals surface area contributed by atoms with Crippen molar-refractivity contribution in [1.82, 2.24) is 9.13 Å². The van der Waals surface area contributed by atoms with E-state index in [1.54, 1.807) is 24.3 Å². The molecule has 5 aromatic rings. The Morgan fingerprint density at radius 3 is 2.44 bits per heavy atom. The van der Waals surface area contributed by atoms with E-state index < -0.39 is 11.2 Å². The van der Waals surface area contributed by atoms with Crippen molar-refractivity contribution in [1.29, 1.82) is 0 Å². The van der Waals surface area contributed by atoms with Crippen LogP contribution < -0.4 is 16.6 Å². The summed E-state index contributed by atoms with van der Waals surface area (Å²) in [4.78, 5) is 40.2. The number of carbonyl (C=O) groups is 1. The highest BCUT2D eigenvalue weighted by atomic mass is 35.5. The highest BCUT2D eigenvalue weighted by Gasteiger charge is 2.21. The van der Waals surface area contributed by atoms with Gasteiger partial charge < -0.3 is 5.32 Å². The van der Waals surface area contributed by atoms with Gasteiger partial charge in [-0.2, -0.15) is 0 Å². The first-order chi connectivity index (χ1) is 16.5. The first-order valence-electron chi connectivity index (χ1n) is 10.8. The number of para-hydroxylation sites is 1. The van der Waals surface area contributed by atoms with Crippen LogP contribution in [0.15, 0.2) is 82.4 Å². The van der Waals surface area contributed by atoms with E-state index in [1.165, 1.54) is 15.9 Å². The zero-order valence-corrected chi connectivity index (χ0v) is 19.8. The van der Waals surface area contributed by atoms with E-state index in [-0.39, 0.29) is 12.5 Å². The van der Waals surface area contributed by atoms with Crippen LogP contribution in [0.3, 0.4) is 0 Å². The van der Waals surface area contributed by atoms with Gasteiger partial charge in [0.15, 0.2) is 0 Å². The smallest absolute Gasteiger partial charge is 0.324 e. The molecule has 34 heavy (non-hydrogen) atoms. The average Bonchev–Trinajstić information content (AvgIpc) is 3.23. The lowest BCUT2D eigenvalue weighted by atomic mass is 10.1. The van der Waals surface area contributed by atoms with Crippen LogP contribution in [0.1, 0.15) is 12.5 Å². The van der Waals surface area contributed by atoms with Crippen LogP contribution >= 0.6 is 22.9 Å². The summed E-state index contributed by atoms with van der Waals surface area (Å²) in [6.45, 7) is 1.78. The normalized spacial score (nSPS) is 11.2. The summed E-state index contributed by atoms with van der Waals surface area (Å²) < 4.78 is 3.76. The Bertz CT molecular complexity index is 1670. The summed E-state index contributed by atoms with van der Waals surface area (Å²) in [5, 5.41) is 4.18. The standard InChI is InChI=1S/C26H20ClN3O3S/c1-2-16-7-3-5-9-20(16)28-22(31)15-29-23-19-8-4-6-10-21(19)34-24(23)25(32)30(26(29)33)18-13-11-17(27)12-14-18/h3-14H,2,15H2,1H3,(H,28,31). The number of hydrogen-bond acceptors (Lipinski definition) is 4. The first-order valence-corrected chi connectivity index (χ1v) is 12.0. The second-order valence-corrected chi connectivity index (χ2v) is 9.31. The van der Waals surface area contributed by atoms with Crippen molar-refractivity contribution in [3.05, 3.63) is 104 Å². The highest BCUT2D eigenvalue weighted by Crippen LogP contribution is 2.31. The molecule has 0 aliphatic rings. The number of anilines is 1. The number of aromatic nitrogens is 2. The van der Waals surface area contributed by atoms with Crippen molar-refractivity contribution in [2.24, 2.45) is 0 Å². The zero-order valence-electron chi connectivity index (χ0n) is 18.2. The predicted molar refractivity (Wildman–Crippen MR) is 139 cm³/mol. The molecule has 0 spiro atoms. The fourth-order valence-electron chi connectivity index (χ4n) is 4.10. The molecular formula is C26H20ClN3O3S. The molecule has 1 amide bonds. The zero-order chi connectivity index (χ0) is 23.8. The molecule has 0 aliphatic heterocycles. The molecule has 0 bridgehead atoms. The summed E-state index contributed by atoms with van der Waals surface area (Å²) in [5.41, 5.74) is 1.57. The molecule has 5 rings (SSSR count). The van der Waals surface area contributed by atoms with E-state index in [9.17, 15) is 14.4 Å². The quantitative estimate of drug-likeness (QED) is 0.368. The van der Waals surface area contributed by atoms with Crippen LogP contribution in [-0.2, 0) is 17.8 Å². The van der Waals surface area contributed by atoms with Crippen molar-refractivity contribution in [3.8, 4) is 5.69 Å². The van der Waals surface area contributed by atoms with E-state index in [4.69, 9.17) is 11.6 Å². The molecule has 0 saturated carbocycles. The summed E-state index contributed by atoms with van der Waals surface area (Å²) in [6.07, 6.45) is 0.761. The highest BCUT2D eigenvalue weighted by molar-refractivity contribution is 7.25. The summed E-state index contributed by atoms with van der Waals surface area (Å²) in [5.74, 6) is -0.346. The van der Waals surface area contributed by atoms with Gasteiger partial charge in [0.1, 0.15) is 11.2 Å². The Labute approximate surface area is 203 Å². The Kier molecular flexibility index (Phi) is 5.81. The van der Waals surface area contributed by atoms with E-state index in [0.29, 0.717) is 26.6 Å². The maximum Gasteiger partial charge on any atom is 0.336 e. The van der Waals surface area contributed by atoms with Gasteiger partial charge in [0, 0.05) is 20.8 Å². The number of carbonyl (C=O) groups excluding carboxylic acids is 1. The predicted octanol–water partition coefficient (Wildman–Crippen LogP) is 5.22. The van der Waals surface area contributed by atoms with Crippen LogP contribution in [0.25, 0.3) is 26.0 Å². The molecule has 0 saturated heterocycles. The maximum absolute atomic E-state index is 13.7. The van der Waals surface area contributed by atoms with E-state index in [0.717, 1.165) is 26.6 Å². The largest absolute Gasteiger partial charge is 0.336 e. The number of thiophene rings is 1. The Morgan fingerprint density at radius 1 is 0.971 bits per heavy atom. The van der Waals surface area contributed by atoms with E-state index in [2.05, 4.69) is 5.32 Å². The molecule has 2 heterocycles. The number of fused-ring (bicyclic) bond motifs is 3. The number of amides is 1. The molecule has 6 nitrogen and oxygen atoms in total. The third-order valence-corrected chi connectivity index (χ3v) is 7.12. The lowest BCUT2D eigenvalue weighted by Crippen LogP contribution is -2.40. The molecule has 0 atom stereocenters. The molecule has 8 heteroatoms. The van der Waals surface area contributed by atoms with Gasteiger partial charge in [-0.05, 0) is 48.4 Å². The Hall–Kier alpha value is -3.68. The van der Waals surface area contributed by atoms with Gasteiger partial charge in [-0.3, -0.25) is 14.2 Å². The van der Waals surface area contributed by atoms with Crippen molar-refractivity contribution >= 4 is 54.8 Å². The Balaban J connectivity index is 1.71. The van der Waals surface area contributed by atoms with Gasteiger partial charge in [0.2, 0.25) is 5.91 Å². The number of rotatable bonds is 5. The number of halogens is 1. The topological polar surface area (TPSA) is 73.1 Å². The average molecular weight is 490 g/mol. The van der Waals surface area contributed by atoms with Crippen LogP contribution in [0, 0.1) is 0 Å². The van der Waals surface area contributed by atoms with Crippen molar-refractivity contribution in [2.75, 3.05) is 5.32 Å². The van der Waals surface area contributed by atoms with E-state index >= 15 is 0 Å². The van der Waals surface area contributed by atoms with Gasteiger partial charge in [-0.25, -0.2) is 9.36 Å². The van der Waals surface area contributed by atoms with Gasteiger partial charge >= 0.3 is 5.69 Å². The molecule has 0 radical (unpaired) electrons. The number of hydrogen-bond donors (Lipinski definition) is 1. The van der Waals surface area contributed by atoms with Gasteiger partial charge in [0.05, 0.1) is 11.2 Å². The van der Waals surface area contributed by atoms with Crippen LogP contribution in [-0.4, -0.2) is 15.0 Å². The third kappa shape index (κ3) is 3.83. The summed E-state index contributed by atoms with van der Waals surface area (Å²) in [7, 11) is 0. The lowest BCUT2D eigenvalue weighted by molar-refractivity contribution is -0.116. The van der Waals surface area contributed by atoms with Gasteiger partial charge in [-0.1, -0.05) is 54.9 Å². The fourth-order valence-corrected chi connectivity index (χ4v) is 5.36. The minimum absolute atomic E-state index is 0.234. The fraction of sp³-hybridized carbons (Fsp3) is 0.115. The minimum atomic E-state index is -0.581. The number of nitrogens with one attached hydrogen (secondary N) is 1. The number of benzene rings is 3. The minimum Gasteiger partial charge on any atom is -0.324 e. The van der Waals surface area contributed by atoms with Gasteiger partial charge in [-0.15, -0.1) is 11.3 Å². The molecule has 0 fully saturated rings. The lowest BCUT2D eigenvalue weighted by Gasteiger charge is -2.14. The number of nitrogens with zero attached hydrogens (tertiary/aromatic N) is 2. The third-order valence-electron chi connectivity index (χ3n) is 5.72. The van der Waals surface area contributed by atoms with Crippen molar-refractivity contribution in [2.45, 2.75) is 19.9 Å². The molecule has 1 N–H and O–H groups in total. The van der Waals surface area contributed by atoms with Gasteiger partial charge in [0.25, 0.3) is 5.56 Å². The second-order valence-electron chi connectivity index (χ2n) is 7.82. The first kappa shape index (κ1) is 22.1. The molecule has 0 aliphatic carbocycles.